The third-order valence-electron chi connectivity index (χ3n) is 5.92. The molecule has 1 N–H and O–H groups in total. The maximum absolute atomic E-state index is 12.5. The number of ether oxygens (including phenoxy) is 3. The van der Waals surface area contributed by atoms with Crippen LogP contribution in [0.3, 0.4) is 0 Å². The van der Waals surface area contributed by atoms with Gasteiger partial charge in [0.2, 0.25) is 0 Å². The molecule has 2 heterocycles. The van der Waals surface area contributed by atoms with Crippen molar-refractivity contribution in [1.29, 1.82) is 5.26 Å². The van der Waals surface area contributed by atoms with Crippen LogP contribution >= 0.6 is 0 Å². The highest BCUT2D eigenvalue weighted by Crippen LogP contribution is 2.37. The van der Waals surface area contributed by atoms with Crippen LogP contribution in [-0.4, -0.2) is 52.0 Å². The molecule has 0 aliphatic heterocycles. The number of carbonyl (C=O) groups is 1. The van der Waals surface area contributed by atoms with Crippen molar-refractivity contribution in [2.45, 2.75) is 77.2 Å². The number of nitriles is 1. The van der Waals surface area contributed by atoms with E-state index in [1.165, 1.54) is 19.2 Å². The van der Waals surface area contributed by atoms with Gasteiger partial charge < -0.3 is 14.2 Å². The van der Waals surface area contributed by atoms with Gasteiger partial charge in [0.25, 0.3) is 0 Å². The lowest BCUT2D eigenvalue weighted by Crippen LogP contribution is -2.28. The summed E-state index contributed by atoms with van der Waals surface area (Å²) in [5.74, 6) is 0.753. The lowest BCUT2D eigenvalue weighted by molar-refractivity contribution is -0.100. The molecule has 1 fully saturated rings. The SMILES string of the molecule is COC(Cc1c(NC(=O)OC(C)(C)C)ncnc1-c1cnn([C@H](CC#N)C2CCCC2)c1)OC. The quantitative estimate of drug-likeness (QED) is 0.532. The number of hydrogen-bond donors (Lipinski definition) is 1. The molecule has 2 aromatic heterocycles. The van der Waals surface area contributed by atoms with Crippen LogP contribution in [0, 0.1) is 17.2 Å². The first kappa shape index (κ1) is 25.6. The predicted octanol–water partition coefficient (Wildman–Crippen LogP) is 4.49. The molecule has 10 heteroatoms. The lowest BCUT2D eigenvalue weighted by Gasteiger charge is -2.22. The number of rotatable bonds is 9. The zero-order valence-electron chi connectivity index (χ0n) is 20.6. The van der Waals surface area contributed by atoms with E-state index in [9.17, 15) is 10.1 Å². The van der Waals surface area contributed by atoms with E-state index in [0.29, 0.717) is 35.8 Å². The molecule has 184 valence electrons. The summed E-state index contributed by atoms with van der Waals surface area (Å²) in [6.45, 7) is 5.38. The van der Waals surface area contributed by atoms with Gasteiger partial charge in [0.15, 0.2) is 6.29 Å². The summed E-state index contributed by atoms with van der Waals surface area (Å²) in [5, 5.41) is 16.7. The molecule has 34 heavy (non-hydrogen) atoms. The van der Waals surface area contributed by atoms with E-state index in [1.54, 1.807) is 41.2 Å². The molecule has 1 atom stereocenters. The lowest BCUT2D eigenvalue weighted by atomic mass is 9.96. The first-order valence-electron chi connectivity index (χ1n) is 11.6. The molecule has 3 rings (SSSR count). The molecule has 1 saturated carbocycles. The molecule has 1 amide bonds. The number of anilines is 1. The van der Waals surface area contributed by atoms with Crippen LogP contribution in [0.15, 0.2) is 18.7 Å². The Morgan fingerprint density at radius 1 is 1.26 bits per heavy atom. The van der Waals surface area contributed by atoms with Crippen molar-refractivity contribution in [2.75, 3.05) is 19.5 Å². The van der Waals surface area contributed by atoms with E-state index in [4.69, 9.17) is 14.2 Å². The van der Waals surface area contributed by atoms with Crippen molar-refractivity contribution < 1.29 is 19.0 Å². The second kappa shape index (κ2) is 11.4. The number of nitrogens with zero attached hydrogens (tertiary/aromatic N) is 5. The highest BCUT2D eigenvalue weighted by Gasteiger charge is 2.28. The summed E-state index contributed by atoms with van der Waals surface area (Å²) in [5.41, 5.74) is 1.35. The molecule has 1 aliphatic carbocycles. The summed E-state index contributed by atoms with van der Waals surface area (Å²) in [6.07, 6.45) is 9.14. The first-order valence-corrected chi connectivity index (χ1v) is 11.6. The Morgan fingerprint density at radius 2 is 1.97 bits per heavy atom. The molecule has 0 bridgehead atoms. The van der Waals surface area contributed by atoms with E-state index in [0.717, 1.165) is 18.4 Å². The highest BCUT2D eigenvalue weighted by molar-refractivity contribution is 5.86. The van der Waals surface area contributed by atoms with E-state index in [2.05, 4.69) is 26.5 Å². The largest absolute Gasteiger partial charge is 0.444 e. The second-order valence-corrected chi connectivity index (χ2v) is 9.46. The van der Waals surface area contributed by atoms with E-state index < -0.39 is 18.0 Å². The maximum atomic E-state index is 12.5. The molecule has 10 nitrogen and oxygen atoms in total. The van der Waals surface area contributed by atoms with Gasteiger partial charge in [-0.2, -0.15) is 10.4 Å². The van der Waals surface area contributed by atoms with Crippen LogP contribution < -0.4 is 5.32 Å². The minimum atomic E-state index is -0.654. The molecule has 0 unspecified atom stereocenters. The Bertz CT molecular complexity index is 1000. The number of nitrogens with one attached hydrogen (secondary N) is 1. The van der Waals surface area contributed by atoms with Crippen molar-refractivity contribution in [3.63, 3.8) is 0 Å². The average molecular weight is 471 g/mol. The van der Waals surface area contributed by atoms with Gasteiger partial charge >= 0.3 is 6.09 Å². The first-order chi connectivity index (χ1) is 16.3. The van der Waals surface area contributed by atoms with E-state index in [-0.39, 0.29) is 6.04 Å². The van der Waals surface area contributed by atoms with Gasteiger partial charge in [-0.05, 0) is 39.5 Å². The zero-order chi connectivity index (χ0) is 24.7. The van der Waals surface area contributed by atoms with Crippen molar-refractivity contribution in [3.05, 3.63) is 24.3 Å². The summed E-state index contributed by atoms with van der Waals surface area (Å²) in [7, 11) is 3.09. The Hall–Kier alpha value is -3.03. The number of amides is 1. The zero-order valence-corrected chi connectivity index (χ0v) is 20.6. The average Bonchev–Trinajstić information content (AvgIpc) is 3.48. The van der Waals surface area contributed by atoms with Crippen LogP contribution in [0.25, 0.3) is 11.3 Å². The molecular formula is C24H34N6O4. The van der Waals surface area contributed by atoms with Gasteiger partial charge in [-0.15, -0.1) is 0 Å². The monoisotopic (exact) mass is 470 g/mol. The standard InChI is InChI=1S/C24H34N6O4/c1-24(2,3)34-23(31)29-22-18(12-20(32-4)33-5)21(26-15-27-22)17-13-28-30(14-17)19(10-11-25)16-8-6-7-9-16/h13-16,19-20H,6-10,12H2,1-5H3,(H,26,27,29,31)/t19-/m1/s1. The normalized spacial score (nSPS) is 15.3. The summed E-state index contributed by atoms with van der Waals surface area (Å²) in [6, 6.07) is 2.34. The summed E-state index contributed by atoms with van der Waals surface area (Å²) in [4.78, 5) is 21.2. The summed E-state index contributed by atoms with van der Waals surface area (Å²) < 4.78 is 18.1. The number of aromatic nitrogens is 4. The fraction of sp³-hybridized carbons (Fsp3) is 0.625. The van der Waals surface area contributed by atoms with Crippen molar-refractivity contribution in [1.82, 2.24) is 19.7 Å². The second-order valence-electron chi connectivity index (χ2n) is 9.46. The van der Waals surface area contributed by atoms with Crippen LogP contribution in [0.1, 0.15) is 64.5 Å². The van der Waals surface area contributed by atoms with Crippen LogP contribution in [0.5, 0.6) is 0 Å². The number of methoxy groups -OCH3 is 2. The van der Waals surface area contributed by atoms with E-state index >= 15 is 0 Å². The van der Waals surface area contributed by atoms with Crippen molar-refractivity contribution in [3.8, 4) is 17.3 Å². The van der Waals surface area contributed by atoms with Gasteiger partial charge in [0.05, 0.1) is 30.4 Å². The minimum Gasteiger partial charge on any atom is -0.444 e. The smallest absolute Gasteiger partial charge is 0.413 e. The number of carbonyl (C=O) groups excluding carboxylic acids is 1. The fourth-order valence-corrected chi connectivity index (χ4v) is 4.35. The van der Waals surface area contributed by atoms with E-state index in [1.807, 2.05) is 10.9 Å². The molecular weight excluding hydrogens is 436 g/mol. The summed E-state index contributed by atoms with van der Waals surface area (Å²) >= 11 is 0. The minimum absolute atomic E-state index is 0.0246. The Labute approximate surface area is 200 Å². The molecule has 2 aromatic rings. The number of hydrogen-bond acceptors (Lipinski definition) is 8. The van der Waals surface area contributed by atoms with Crippen molar-refractivity contribution >= 4 is 11.9 Å². The van der Waals surface area contributed by atoms with Crippen molar-refractivity contribution in [2.24, 2.45) is 5.92 Å². The molecule has 0 aromatic carbocycles. The van der Waals surface area contributed by atoms with Gasteiger partial charge in [0, 0.05) is 38.0 Å². The maximum Gasteiger partial charge on any atom is 0.413 e. The fourth-order valence-electron chi connectivity index (χ4n) is 4.35. The predicted molar refractivity (Wildman–Crippen MR) is 126 cm³/mol. The van der Waals surface area contributed by atoms with Crippen LogP contribution in [0.4, 0.5) is 10.6 Å². The van der Waals surface area contributed by atoms with Gasteiger partial charge in [0.1, 0.15) is 17.7 Å². The highest BCUT2D eigenvalue weighted by atomic mass is 16.7. The van der Waals surface area contributed by atoms with Crippen LogP contribution in [0.2, 0.25) is 0 Å². The third kappa shape index (κ3) is 6.52. The third-order valence-corrected chi connectivity index (χ3v) is 5.92. The molecule has 0 saturated heterocycles. The Kier molecular flexibility index (Phi) is 8.58. The molecule has 0 spiro atoms. The Morgan fingerprint density at radius 3 is 2.59 bits per heavy atom. The molecule has 0 radical (unpaired) electrons. The Balaban J connectivity index is 1.97. The molecule has 1 aliphatic rings. The van der Waals surface area contributed by atoms with Crippen LogP contribution in [-0.2, 0) is 20.6 Å². The topological polar surface area (TPSA) is 124 Å². The van der Waals surface area contributed by atoms with Gasteiger partial charge in [-0.3, -0.25) is 10.00 Å². The van der Waals surface area contributed by atoms with Gasteiger partial charge in [-0.1, -0.05) is 12.8 Å². The van der Waals surface area contributed by atoms with Gasteiger partial charge in [-0.25, -0.2) is 14.8 Å².